The minimum atomic E-state index is 0. The van der Waals surface area contributed by atoms with Gasteiger partial charge in [0.2, 0.25) is 0 Å². The van der Waals surface area contributed by atoms with Crippen LogP contribution in [-0.2, 0) is 17.1 Å². The molecule has 0 bridgehead atoms. The van der Waals surface area contributed by atoms with E-state index in [1.54, 1.807) is 0 Å². The number of nitrogens with zero attached hydrogens (tertiary/aromatic N) is 4. The van der Waals surface area contributed by atoms with Gasteiger partial charge in [-0.1, -0.05) is 94.2 Å². The van der Waals surface area contributed by atoms with Gasteiger partial charge in [0, 0.05) is 0 Å². The summed E-state index contributed by atoms with van der Waals surface area (Å²) in [7, 11) is 0. The zero-order valence-corrected chi connectivity index (χ0v) is 17.2. The minimum Gasteiger partial charge on any atom is -0.660 e. The van der Waals surface area contributed by atoms with Crippen molar-refractivity contribution in [3.05, 3.63) is 45.3 Å². The van der Waals surface area contributed by atoms with Crippen molar-refractivity contribution < 1.29 is 17.1 Å². The smallest absolute Gasteiger partial charge is 0.660 e. The summed E-state index contributed by atoms with van der Waals surface area (Å²) in [5.41, 5.74) is 0. The van der Waals surface area contributed by atoms with Crippen LogP contribution in [0.4, 0.5) is 0 Å². The maximum absolute atomic E-state index is 4.55. The van der Waals surface area contributed by atoms with E-state index < -0.39 is 0 Å². The molecule has 0 aromatic carbocycles. The first kappa shape index (κ1) is 22.7. The summed E-state index contributed by atoms with van der Waals surface area (Å²) in [5.74, 6) is 0.984. The molecule has 3 fully saturated rings. The van der Waals surface area contributed by atoms with E-state index in [1.165, 1.54) is 51.4 Å². The molecule has 4 heterocycles. The fourth-order valence-corrected chi connectivity index (χ4v) is 3.66. The topological polar surface area (TPSA) is 80.5 Å². The Morgan fingerprint density at radius 3 is 1.74 bits per heavy atom. The number of hydrogen-bond acceptors (Lipinski definition) is 2. The van der Waals surface area contributed by atoms with Crippen molar-refractivity contribution in [2.75, 3.05) is 26.2 Å². The second-order valence-corrected chi connectivity index (χ2v) is 7.39. The molecule has 4 aliphatic heterocycles. The fourth-order valence-electron chi connectivity index (χ4n) is 3.66. The first-order valence-corrected chi connectivity index (χ1v) is 10.5. The van der Waals surface area contributed by atoms with Gasteiger partial charge < -0.3 is 31.9 Å². The maximum Gasteiger partial charge on any atom is 2.00 e. The monoisotopic (exact) mass is 421 g/mol. The van der Waals surface area contributed by atoms with E-state index in [1.807, 2.05) is 18.2 Å². The Bertz CT molecular complexity index is 422. The number of nitrogens with one attached hydrogen (secondary N) is 2. The number of hydrogen-bond donors (Lipinski definition) is 2. The van der Waals surface area contributed by atoms with Crippen LogP contribution in [0.5, 0.6) is 0 Å². The summed E-state index contributed by atoms with van der Waals surface area (Å²) >= 11 is 0. The second kappa shape index (κ2) is 13.6. The SMILES string of the molecule is C1=CC[N-]C(NC2CCCC[N-]2)=C1.C1CCC(NC2CCCC[N-]2)[N-]C1.[Cu+2]. The summed E-state index contributed by atoms with van der Waals surface area (Å²) in [5, 5.41) is 24.8. The Balaban J connectivity index is 0.000000187. The third-order valence-corrected chi connectivity index (χ3v) is 5.16. The number of allylic oxidation sites excluding steroid dienone is 2. The van der Waals surface area contributed by atoms with Gasteiger partial charge in [-0.25, -0.2) is 0 Å². The molecule has 7 heteroatoms. The van der Waals surface area contributed by atoms with Crippen LogP contribution in [0.25, 0.3) is 21.3 Å². The van der Waals surface area contributed by atoms with Crippen LogP contribution in [0.15, 0.2) is 24.0 Å². The molecule has 4 rings (SSSR count). The van der Waals surface area contributed by atoms with Crippen LogP contribution >= 0.6 is 0 Å². The molecule has 3 saturated heterocycles. The van der Waals surface area contributed by atoms with Crippen molar-refractivity contribution in [1.82, 2.24) is 10.6 Å². The largest absolute Gasteiger partial charge is 2.00 e. The average Bonchev–Trinajstić information content (AvgIpc) is 2.72. The Hall–Kier alpha value is -0.561. The molecule has 0 saturated carbocycles. The molecule has 0 amide bonds. The van der Waals surface area contributed by atoms with E-state index in [4.69, 9.17) is 0 Å². The summed E-state index contributed by atoms with van der Waals surface area (Å²) in [6.45, 7) is 3.89. The van der Waals surface area contributed by atoms with Crippen molar-refractivity contribution in [2.24, 2.45) is 0 Å². The Labute approximate surface area is 175 Å². The van der Waals surface area contributed by atoms with Crippen LogP contribution in [0.2, 0.25) is 0 Å². The molecule has 3 atom stereocenters. The van der Waals surface area contributed by atoms with Gasteiger partial charge in [-0.2, -0.15) is 0 Å². The molecule has 3 unspecified atom stereocenters. The Morgan fingerprint density at radius 1 is 0.741 bits per heavy atom. The quantitative estimate of drug-likeness (QED) is 0.651. The summed E-state index contributed by atoms with van der Waals surface area (Å²) in [6.07, 6.45) is 18.5. The number of rotatable bonds is 4. The van der Waals surface area contributed by atoms with Crippen molar-refractivity contribution >= 4 is 0 Å². The molecule has 0 aliphatic carbocycles. The van der Waals surface area contributed by atoms with Crippen LogP contribution in [0.1, 0.15) is 57.8 Å². The molecule has 2 N–H and O–H groups in total. The average molecular weight is 422 g/mol. The predicted molar refractivity (Wildman–Crippen MR) is 109 cm³/mol. The van der Waals surface area contributed by atoms with Crippen molar-refractivity contribution in [3.8, 4) is 0 Å². The zero-order valence-electron chi connectivity index (χ0n) is 16.2. The molecule has 0 spiro atoms. The molecule has 1 radical (unpaired) electrons. The van der Waals surface area contributed by atoms with Gasteiger partial charge >= 0.3 is 17.1 Å². The molecule has 157 valence electrons. The standard InChI is InChI=1S/C10H19N3.C10H15N3.Cu/c2*1-3-7-11-9(5-1)13-10-6-2-4-8-12-10;/h9-10,13H,1-8H2;1,3,5,10,13H,2,4,6-8H2;/q2*-2;+2. The van der Waals surface area contributed by atoms with Crippen molar-refractivity contribution in [2.45, 2.75) is 76.3 Å². The first-order valence-electron chi connectivity index (χ1n) is 10.5. The normalized spacial score (nSPS) is 30.7. The fraction of sp³-hybridized carbons (Fsp3) is 0.800. The van der Waals surface area contributed by atoms with E-state index in [9.17, 15) is 0 Å². The summed E-state index contributed by atoms with van der Waals surface area (Å²) in [4.78, 5) is 0. The molecular weight excluding hydrogens is 388 g/mol. The van der Waals surface area contributed by atoms with Gasteiger partial charge in [0.1, 0.15) is 0 Å². The molecule has 4 aliphatic rings. The Kier molecular flexibility index (Phi) is 11.4. The van der Waals surface area contributed by atoms with Crippen LogP contribution in [0.3, 0.4) is 0 Å². The van der Waals surface area contributed by atoms with Crippen LogP contribution in [-0.4, -0.2) is 44.7 Å². The minimum absolute atomic E-state index is 0. The Morgan fingerprint density at radius 2 is 1.30 bits per heavy atom. The van der Waals surface area contributed by atoms with E-state index >= 15 is 0 Å². The van der Waals surface area contributed by atoms with Gasteiger partial charge in [-0.15, -0.1) is 25.8 Å². The number of piperidine rings is 3. The van der Waals surface area contributed by atoms with E-state index in [-0.39, 0.29) is 17.1 Å². The van der Waals surface area contributed by atoms with Gasteiger partial charge in [0.25, 0.3) is 0 Å². The molecule has 0 aromatic rings. The van der Waals surface area contributed by atoms with Crippen LogP contribution < -0.4 is 10.6 Å². The summed E-state index contributed by atoms with van der Waals surface area (Å²) in [6, 6.07) is 0. The molecule has 27 heavy (non-hydrogen) atoms. The second-order valence-electron chi connectivity index (χ2n) is 7.39. The van der Waals surface area contributed by atoms with Gasteiger partial charge in [-0.3, -0.25) is 0 Å². The van der Waals surface area contributed by atoms with E-state index in [2.05, 4.69) is 31.9 Å². The maximum atomic E-state index is 4.55. The van der Waals surface area contributed by atoms with Crippen molar-refractivity contribution in [3.63, 3.8) is 0 Å². The summed E-state index contributed by atoms with van der Waals surface area (Å²) < 4.78 is 0. The van der Waals surface area contributed by atoms with Crippen molar-refractivity contribution in [1.29, 1.82) is 0 Å². The van der Waals surface area contributed by atoms with Crippen LogP contribution in [0, 0.1) is 0 Å². The van der Waals surface area contributed by atoms with Gasteiger partial charge in [-0.05, 0) is 6.54 Å². The third kappa shape index (κ3) is 8.99. The third-order valence-electron chi connectivity index (χ3n) is 5.16. The zero-order chi connectivity index (χ0) is 17.9. The van der Waals surface area contributed by atoms with E-state index in [0.717, 1.165) is 38.4 Å². The predicted octanol–water partition coefficient (Wildman–Crippen LogP) is 4.59. The van der Waals surface area contributed by atoms with E-state index in [0.29, 0.717) is 18.5 Å². The van der Waals surface area contributed by atoms with Gasteiger partial charge in [0.15, 0.2) is 0 Å². The molecule has 0 aromatic heterocycles. The van der Waals surface area contributed by atoms with Gasteiger partial charge in [0.05, 0.1) is 0 Å². The molecular formula is C20H34CuN6-2. The molecule has 6 nitrogen and oxygen atoms in total. The first-order chi connectivity index (χ1) is 12.9.